The van der Waals surface area contributed by atoms with E-state index >= 15 is 0 Å². The largest absolute Gasteiger partial charge is 0.458 e. The van der Waals surface area contributed by atoms with E-state index in [2.05, 4.69) is 15.0 Å². The van der Waals surface area contributed by atoms with Crippen LogP contribution in [0.15, 0.2) is 46.2 Å². The maximum absolute atomic E-state index is 12.8. The van der Waals surface area contributed by atoms with E-state index < -0.39 is 18.0 Å². The molecule has 1 saturated heterocycles. The second kappa shape index (κ2) is 8.50. The van der Waals surface area contributed by atoms with E-state index in [0.29, 0.717) is 30.2 Å². The van der Waals surface area contributed by atoms with Gasteiger partial charge in [0.05, 0.1) is 12.3 Å². The molecule has 3 aromatic rings. The van der Waals surface area contributed by atoms with Crippen LogP contribution in [-0.4, -0.2) is 50.7 Å². The predicted octanol–water partition coefficient (Wildman–Crippen LogP) is 3.80. The van der Waals surface area contributed by atoms with E-state index in [1.54, 1.807) is 11.0 Å². The van der Waals surface area contributed by atoms with Crippen LogP contribution in [0, 0.1) is 0 Å². The molecule has 1 aliphatic heterocycles. The van der Waals surface area contributed by atoms with E-state index in [1.807, 2.05) is 18.2 Å². The first-order valence-corrected chi connectivity index (χ1v) is 10.2. The Morgan fingerprint density at radius 3 is 2.90 bits per heavy atom. The Kier molecular flexibility index (Phi) is 5.80. The molecule has 0 aliphatic carbocycles. The highest BCUT2D eigenvalue weighted by atomic mass is 32.2. The molecule has 1 unspecified atom stereocenters. The third kappa shape index (κ3) is 4.84. The molecule has 7 nitrogen and oxygen atoms in total. The summed E-state index contributed by atoms with van der Waals surface area (Å²) in [6.07, 6.45) is -2.77. The van der Waals surface area contributed by atoms with Crippen molar-refractivity contribution in [1.29, 1.82) is 0 Å². The van der Waals surface area contributed by atoms with Crippen molar-refractivity contribution in [2.45, 2.75) is 30.3 Å². The fraction of sp³-hybridized carbons (Fsp3) is 0.368. The minimum atomic E-state index is -4.57. The number of nitrogens with zero attached hydrogens (tertiary/aromatic N) is 4. The normalized spacial score (nSPS) is 17.3. The number of oxazole rings is 1. The van der Waals surface area contributed by atoms with Gasteiger partial charge in [-0.2, -0.15) is 18.2 Å². The van der Waals surface area contributed by atoms with Gasteiger partial charge in [0.1, 0.15) is 11.6 Å². The highest BCUT2D eigenvalue weighted by molar-refractivity contribution is 7.99. The average molecular weight is 438 g/mol. The van der Waals surface area contributed by atoms with Crippen molar-refractivity contribution >= 4 is 28.8 Å². The van der Waals surface area contributed by atoms with Crippen molar-refractivity contribution in [3.63, 3.8) is 0 Å². The standard InChI is InChI=1S/C19H17F3N4O3S/c20-19(21,22)15-7-8-23-17(25-15)28-12-4-3-9-26(10-12)16(27)11-30-18-24-13-5-1-2-6-14(13)29-18/h1-2,5-8,12H,3-4,9-11H2. The second-order valence-electron chi connectivity index (χ2n) is 6.68. The summed E-state index contributed by atoms with van der Waals surface area (Å²) in [4.78, 5) is 25.7. The molecule has 30 heavy (non-hydrogen) atoms. The molecule has 0 spiro atoms. The molecule has 0 bridgehead atoms. The molecule has 1 atom stereocenters. The van der Waals surface area contributed by atoms with Crippen molar-refractivity contribution < 1.29 is 27.1 Å². The monoisotopic (exact) mass is 438 g/mol. The molecule has 1 amide bonds. The minimum Gasteiger partial charge on any atom is -0.458 e. The Balaban J connectivity index is 1.33. The first kappa shape index (κ1) is 20.5. The fourth-order valence-corrected chi connectivity index (χ4v) is 3.83. The number of fused-ring (bicyclic) bond motifs is 1. The number of hydrogen-bond acceptors (Lipinski definition) is 7. The lowest BCUT2D eigenvalue weighted by atomic mass is 10.1. The number of ether oxygens (including phenoxy) is 1. The summed E-state index contributed by atoms with van der Waals surface area (Å²) in [6.45, 7) is 0.808. The third-order valence-electron chi connectivity index (χ3n) is 4.52. The van der Waals surface area contributed by atoms with E-state index in [9.17, 15) is 18.0 Å². The molecule has 1 aliphatic rings. The zero-order valence-electron chi connectivity index (χ0n) is 15.6. The third-order valence-corrected chi connectivity index (χ3v) is 5.33. The van der Waals surface area contributed by atoms with Crippen molar-refractivity contribution in [1.82, 2.24) is 19.9 Å². The minimum absolute atomic E-state index is 0.125. The lowest BCUT2D eigenvalue weighted by molar-refractivity contribution is -0.141. The summed E-state index contributed by atoms with van der Waals surface area (Å²) in [5, 5.41) is 0.409. The Bertz CT molecular complexity index is 1010. The van der Waals surface area contributed by atoms with Gasteiger partial charge in [0.25, 0.3) is 5.22 Å². The summed E-state index contributed by atoms with van der Waals surface area (Å²) in [5.41, 5.74) is 0.311. The number of halogens is 3. The second-order valence-corrected chi connectivity index (χ2v) is 7.61. The van der Waals surface area contributed by atoms with Gasteiger partial charge in [-0.15, -0.1) is 0 Å². The molecule has 2 aromatic heterocycles. The number of likely N-dealkylation sites (tertiary alicyclic amines) is 1. The van der Waals surface area contributed by atoms with Gasteiger partial charge >= 0.3 is 12.2 Å². The molecule has 0 saturated carbocycles. The summed E-state index contributed by atoms with van der Waals surface area (Å²) in [7, 11) is 0. The van der Waals surface area contributed by atoms with Crippen LogP contribution in [0.2, 0.25) is 0 Å². The topological polar surface area (TPSA) is 81.4 Å². The number of benzene rings is 1. The van der Waals surface area contributed by atoms with E-state index in [-0.39, 0.29) is 24.2 Å². The van der Waals surface area contributed by atoms with Crippen LogP contribution in [0.25, 0.3) is 11.1 Å². The number of amides is 1. The number of para-hydroxylation sites is 2. The number of rotatable bonds is 5. The van der Waals surface area contributed by atoms with Crippen LogP contribution in [0.4, 0.5) is 13.2 Å². The number of hydrogen-bond donors (Lipinski definition) is 0. The van der Waals surface area contributed by atoms with Crippen LogP contribution < -0.4 is 4.74 Å². The van der Waals surface area contributed by atoms with Crippen LogP contribution in [-0.2, 0) is 11.0 Å². The molecule has 4 rings (SSSR count). The molecule has 11 heteroatoms. The molecular weight excluding hydrogens is 421 g/mol. The zero-order chi connectivity index (χ0) is 21.1. The van der Waals surface area contributed by atoms with Gasteiger partial charge in [-0.1, -0.05) is 23.9 Å². The number of carbonyl (C=O) groups is 1. The maximum Gasteiger partial charge on any atom is 0.433 e. The van der Waals surface area contributed by atoms with Gasteiger partial charge in [-0.3, -0.25) is 4.79 Å². The molecular formula is C19H17F3N4O3S. The van der Waals surface area contributed by atoms with Crippen molar-refractivity contribution in [2.75, 3.05) is 18.8 Å². The summed E-state index contributed by atoms with van der Waals surface area (Å²) in [6, 6.07) is 7.77. The van der Waals surface area contributed by atoms with Gasteiger partial charge in [0.2, 0.25) is 5.91 Å². The number of aromatic nitrogens is 3. The zero-order valence-corrected chi connectivity index (χ0v) is 16.4. The fourth-order valence-electron chi connectivity index (χ4n) is 3.09. The highest BCUT2D eigenvalue weighted by Gasteiger charge is 2.33. The average Bonchev–Trinajstić information content (AvgIpc) is 3.15. The summed E-state index contributed by atoms with van der Waals surface area (Å²) >= 11 is 1.20. The molecule has 158 valence electrons. The van der Waals surface area contributed by atoms with E-state index in [0.717, 1.165) is 17.8 Å². The van der Waals surface area contributed by atoms with Gasteiger partial charge in [-0.25, -0.2) is 9.97 Å². The first-order valence-electron chi connectivity index (χ1n) is 9.21. The number of thioether (sulfide) groups is 1. The molecule has 0 N–H and O–H groups in total. The van der Waals surface area contributed by atoms with Gasteiger partial charge in [0, 0.05) is 12.7 Å². The van der Waals surface area contributed by atoms with Gasteiger partial charge in [0.15, 0.2) is 11.3 Å². The van der Waals surface area contributed by atoms with Crippen LogP contribution in [0.3, 0.4) is 0 Å². The Morgan fingerprint density at radius 1 is 1.27 bits per heavy atom. The van der Waals surface area contributed by atoms with Crippen molar-refractivity contribution in [3.8, 4) is 6.01 Å². The quantitative estimate of drug-likeness (QED) is 0.561. The highest BCUT2D eigenvalue weighted by Crippen LogP contribution is 2.28. The summed E-state index contributed by atoms with van der Waals surface area (Å²) < 4.78 is 49.5. The Labute approximate surface area is 173 Å². The lowest BCUT2D eigenvalue weighted by Crippen LogP contribution is -2.45. The van der Waals surface area contributed by atoms with Crippen molar-refractivity contribution in [2.24, 2.45) is 0 Å². The first-order chi connectivity index (χ1) is 14.4. The van der Waals surface area contributed by atoms with E-state index in [1.165, 1.54) is 11.8 Å². The molecule has 1 aromatic carbocycles. The number of alkyl halides is 3. The summed E-state index contributed by atoms with van der Waals surface area (Å²) in [5.74, 6) is 0.0140. The molecule has 1 fully saturated rings. The van der Waals surface area contributed by atoms with Crippen LogP contribution in [0.5, 0.6) is 6.01 Å². The van der Waals surface area contributed by atoms with Crippen LogP contribution >= 0.6 is 11.8 Å². The van der Waals surface area contributed by atoms with Gasteiger partial charge in [-0.05, 0) is 31.0 Å². The number of piperidine rings is 1. The molecule has 0 radical (unpaired) electrons. The lowest BCUT2D eigenvalue weighted by Gasteiger charge is -2.32. The van der Waals surface area contributed by atoms with Crippen molar-refractivity contribution in [3.05, 3.63) is 42.2 Å². The van der Waals surface area contributed by atoms with Crippen LogP contribution in [0.1, 0.15) is 18.5 Å². The predicted molar refractivity (Wildman–Crippen MR) is 102 cm³/mol. The molecule has 3 heterocycles. The Morgan fingerprint density at radius 2 is 2.10 bits per heavy atom. The Hall–Kier alpha value is -2.82. The maximum atomic E-state index is 12.8. The number of carbonyl (C=O) groups excluding carboxylic acids is 1. The van der Waals surface area contributed by atoms with Gasteiger partial charge < -0.3 is 14.1 Å². The SMILES string of the molecule is O=C(CSc1nc2ccccc2o1)N1CCCC(Oc2nccc(C(F)(F)F)n2)C1. The van der Waals surface area contributed by atoms with E-state index in [4.69, 9.17) is 9.15 Å². The smallest absolute Gasteiger partial charge is 0.433 e.